The zero-order valence-electron chi connectivity index (χ0n) is 12.2. The maximum Gasteiger partial charge on any atom is 0.242 e. The number of nitrogens with zero attached hydrogens (tertiary/aromatic N) is 3. The van der Waals surface area contributed by atoms with Crippen LogP contribution in [0.2, 0.25) is 0 Å². The standard InChI is InChI=1S/C13H26N4O/c1-6-17(7-2)12(18)9-16(5)13(14-4)15-11-8-10(11)3/h10-11H,6-9H2,1-5H3,(H,14,15). The number of likely N-dealkylation sites (N-methyl/N-ethyl adjacent to an activating group) is 2. The largest absolute Gasteiger partial charge is 0.353 e. The number of rotatable bonds is 5. The van der Waals surface area contributed by atoms with E-state index in [1.165, 1.54) is 6.42 Å². The van der Waals surface area contributed by atoms with Crippen molar-refractivity contribution < 1.29 is 4.79 Å². The summed E-state index contributed by atoms with van der Waals surface area (Å²) in [6.07, 6.45) is 1.19. The number of amides is 1. The number of guanidine groups is 1. The predicted molar refractivity (Wildman–Crippen MR) is 74.6 cm³/mol. The van der Waals surface area contributed by atoms with Crippen molar-refractivity contribution in [1.82, 2.24) is 15.1 Å². The molecule has 0 saturated heterocycles. The first kappa shape index (κ1) is 14.8. The Balaban J connectivity index is 2.46. The van der Waals surface area contributed by atoms with Crippen LogP contribution in [0, 0.1) is 5.92 Å². The van der Waals surface area contributed by atoms with E-state index in [2.05, 4.69) is 17.2 Å². The lowest BCUT2D eigenvalue weighted by atomic mass is 10.4. The van der Waals surface area contributed by atoms with Gasteiger partial charge in [0.25, 0.3) is 0 Å². The molecule has 1 aliphatic rings. The number of carbonyl (C=O) groups is 1. The van der Waals surface area contributed by atoms with E-state index in [4.69, 9.17) is 0 Å². The highest BCUT2D eigenvalue weighted by molar-refractivity contribution is 5.86. The van der Waals surface area contributed by atoms with E-state index in [-0.39, 0.29) is 5.91 Å². The molecule has 5 heteroatoms. The van der Waals surface area contributed by atoms with Crippen molar-refractivity contribution in [3.8, 4) is 0 Å². The van der Waals surface area contributed by atoms with Gasteiger partial charge < -0.3 is 15.1 Å². The van der Waals surface area contributed by atoms with E-state index in [1.807, 2.05) is 30.7 Å². The molecule has 0 radical (unpaired) electrons. The Morgan fingerprint density at radius 1 is 1.39 bits per heavy atom. The minimum atomic E-state index is 0.147. The van der Waals surface area contributed by atoms with Crippen LogP contribution in [-0.4, -0.2) is 61.4 Å². The molecule has 0 aromatic carbocycles. The summed E-state index contributed by atoms with van der Waals surface area (Å²) >= 11 is 0. The van der Waals surface area contributed by atoms with Crippen LogP contribution in [0.25, 0.3) is 0 Å². The van der Waals surface area contributed by atoms with Crippen LogP contribution in [-0.2, 0) is 4.79 Å². The Hall–Kier alpha value is -1.26. The monoisotopic (exact) mass is 254 g/mol. The molecule has 1 fully saturated rings. The summed E-state index contributed by atoms with van der Waals surface area (Å²) in [6, 6.07) is 0.523. The third kappa shape index (κ3) is 3.89. The van der Waals surface area contributed by atoms with Gasteiger partial charge >= 0.3 is 0 Å². The van der Waals surface area contributed by atoms with Gasteiger partial charge in [-0.15, -0.1) is 0 Å². The highest BCUT2D eigenvalue weighted by atomic mass is 16.2. The molecule has 5 nitrogen and oxygen atoms in total. The third-order valence-corrected chi connectivity index (χ3v) is 3.49. The SMILES string of the molecule is CCN(CC)C(=O)CN(C)C(=NC)NC1CC1C. The number of aliphatic imine (C=N–C) groups is 1. The second-order valence-corrected chi connectivity index (χ2v) is 4.93. The molecule has 1 N–H and O–H groups in total. The second kappa shape index (κ2) is 6.61. The fourth-order valence-corrected chi connectivity index (χ4v) is 1.99. The van der Waals surface area contributed by atoms with Gasteiger partial charge in [0.15, 0.2) is 5.96 Å². The molecule has 0 aromatic rings. The third-order valence-electron chi connectivity index (χ3n) is 3.49. The summed E-state index contributed by atoms with van der Waals surface area (Å²) in [5.41, 5.74) is 0. The zero-order chi connectivity index (χ0) is 13.7. The molecule has 18 heavy (non-hydrogen) atoms. The van der Waals surface area contributed by atoms with Gasteiger partial charge in [0.2, 0.25) is 5.91 Å². The maximum atomic E-state index is 12.0. The van der Waals surface area contributed by atoms with Crippen molar-refractivity contribution >= 4 is 11.9 Å². The number of hydrogen-bond acceptors (Lipinski definition) is 2. The molecule has 1 amide bonds. The van der Waals surface area contributed by atoms with E-state index in [0.29, 0.717) is 18.5 Å². The lowest BCUT2D eigenvalue weighted by Gasteiger charge is -2.25. The summed E-state index contributed by atoms with van der Waals surface area (Å²) in [7, 11) is 3.66. The average molecular weight is 254 g/mol. The van der Waals surface area contributed by atoms with E-state index in [0.717, 1.165) is 19.0 Å². The lowest BCUT2D eigenvalue weighted by Crippen LogP contribution is -2.46. The molecule has 2 atom stereocenters. The summed E-state index contributed by atoms with van der Waals surface area (Å²) < 4.78 is 0. The van der Waals surface area contributed by atoms with Crippen LogP contribution in [0.5, 0.6) is 0 Å². The quantitative estimate of drug-likeness (QED) is 0.582. The van der Waals surface area contributed by atoms with Crippen LogP contribution < -0.4 is 5.32 Å². The maximum absolute atomic E-state index is 12.0. The Bertz CT molecular complexity index is 312. The second-order valence-electron chi connectivity index (χ2n) is 4.93. The smallest absolute Gasteiger partial charge is 0.242 e. The number of hydrogen-bond donors (Lipinski definition) is 1. The van der Waals surface area contributed by atoms with E-state index >= 15 is 0 Å². The minimum Gasteiger partial charge on any atom is -0.353 e. The van der Waals surface area contributed by atoms with Crippen LogP contribution in [0.15, 0.2) is 4.99 Å². The van der Waals surface area contributed by atoms with Crippen molar-refractivity contribution in [3.63, 3.8) is 0 Å². The Kier molecular flexibility index (Phi) is 5.44. The van der Waals surface area contributed by atoms with Crippen molar-refractivity contribution in [1.29, 1.82) is 0 Å². The van der Waals surface area contributed by atoms with Gasteiger partial charge in [-0.25, -0.2) is 0 Å². The number of nitrogens with one attached hydrogen (secondary N) is 1. The molecule has 2 unspecified atom stereocenters. The molecule has 1 saturated carbocycles. The topological polar surface area (TPSA) is 47.9 Å². The van der Waals surface area contributed by atoms with Crippen LogP contribution >= 0.6 is 0 Å². The highest BCUT2D eigenvalue weighted by Crippen LogP contribution is 2.28. The van der Waals surface area contributed by atoms with Gasteiger partial charge in [-0.2, -0.15) is 0 Å². The fraction of sp³-hybridized carbons (Fsp3) is 0.846. The average Bonchev–Trinajstić information content (AvgIpc) is 3.03. The van der Waals surface area contributed by atoms with Crippen molar-refractivity contribution in [2.75, 3.05) is 33.7 Å². The van der Waals surface area contributed by atoms with Gasteiger partial charge in [-0.3, -0.25) is 9.79 Å². The van der Waals surface area contributed by atoms with Gasteiger partial charge in [-0.05, 0) is 26.2 Å². The van der Waals surface area contributed by atoms with Crippen molar-refractivity contribution in [3.05, 3.63) is 0 Å². The molecule has 0 spiro atoms. The number of carbonyl (C=O) groups excluding carboxylic acids is 1. The predicted octanol–water partition coefficient (Wildman–Crippen LogP) is 0.770. The Morgan fingerprint density at radius 3 is 2.33 bits per heavy atom. The molecule has 1 rings (SSSR count). The van der Waals surface area contributed by atoms with Crippen molar-refractivity contribution in [2.24, 2.45) is 10.9 Å². The van der Waals surface area contributed by atoms with Gasteiger partial charge in [0.05, 0.1) is 6.54 Å². The molecular weight excluding hydrogens is 228 g/mol. The first-order valence-corrected chi connectivity index (χ1v) is 6.75. The summed E-state index contributed by atoms with van der Waals surface area (Å²) in [5, 5.41) is 3.38. The molecule has 0 aromatic heterocycles. The van der Waals surface area contributed by atoms with Crippen LogP contribution in [0.3, 0.4) is 0 Å². The molecule has 104 valence electrons. The fourth-order valence-electron chi connectivity index (χ4n) is 1.99. The first-order chi connectivity index (χ1) is 8.53. The minimum absolute atomic E-state index is 0.147. The van der Waals surface area contributed by atoms with E-state index in [1.54, 1.807) is 7.05 Å². The Morgan fingerprint density at radius 2 is 1.94 bits per heavy atom. The molecule has 1 aliphatic carbocycles. The van der Waals surface area contributed by atoms with Gasteiger partial charge in [0.1, 0.15) is 0 Å². The highest BCUT2D eigenvalue weighted by Gasteiger charge is 2.34. The zero-order valence-corrected chi connectivity index (χ0v) is 12.2. The van der Waals surface area contributed by atoms with E-state index in [9.17, 15) is 4.79 Å². The molecule has 0 heterocycles. The summed E-state index contributed by atoms with van der Waals surface area (Å²) in [5.74, 6) is 1.67. The van der Waals surface area contributed by atoms with Crippen molar-refractivity contribution in [2.45, 2.75) is 33.2 Å². The Labute approximate surface area is 110 Å². The summed E-state index contributed by atoms with van der Waals surface area (Å²) in [4.78, 5) is 20.0. The summed E-state index contributed by atoms with van der Waals surface area (Å²) in [6.45, 7) is 8.11. The van der Waals surface area contributed by atoms with E-state index < -0.39 is 0 Å². The molecule has 0 bridgehead atoms. The lowest BCUT2D eigenvalue weighted by molar-refractivity contribution is -0.131. The van der Waals surface area contributed by atoms with Gasteiger partial charge in [0, 0.05) is 33.2 Å². The molecule has 0 aliphatic heterocycles. The van der Waals surface area contributed by atoms with Crippen LogP contribution in [0.4, 0.5) is 0 Å². The van der Waals surface area contributed by atoms with Crippen LogP contribution in [0.1, 0.15) is 27.2 Å². The first-order valence-electron chi connectivity index (χ1n) is 6.75. The normalized spacial score (nSPS) is 22.6. The van der Waals surface area contributed by atoms with Gasteiger partial charge in [-0.1, -0.05) is 6.92 Å². The molecular formula is C13H26N4O.